The predicted octanol–water partition coefficient (Wildman–Crippen LogP) is 6.31. The highest BCUT2D eigenvalue weighted by molar-refractivity contribution is 5.59. The molecule has 2 heterocycles. The summed E-state index contributed by atoms with van der Waals surface area (Å²) in [6.45, 7) is 17.2. The molecular weight excluding hydrogens is 532 g/mol. The zero-order valence-electron chi connectivity index (χ0n) is 27.6. The first kappa shape index (κ1) is 35.1. The lowest BCUT2D eigenvalue weighted by atomic mass is 9.83. The Kier molecular flexibility index (Phi) is 13.0. The first-order valence-corrected chi connectivity index (χ1v) is 16.6. The molecule has 0 unspecified atom stereocenters. The summed E-state index contributed by atoms with van der Waals surface area (Å²) >= 11 is 0. The van der Waals surface area contributed by atoms with Crippen molar-refractivity contribution in [3.63, 3.8) is 0 Å². The van der Waals surface area contributed by atoms with Gasteiger partial charge in [0.2, 0.25) is 6.29 Å². The van der Waals surface area contributed by atoms with E-state index in [1.54, 1.807) is 0 Å². The van der Waals surface area contributed by atoms with E-state index in [1.807, 2.05) is 20.8 Å². The molecule has 0 saturated carbocycles. The molecule has 7 heteroatoms. The molecule has 1 saturated heterocycles. The van der Waals surface area contributed by atoms with E-state index in [9.17, 15) is 20.4 Å². The van der Waals surface area contributed by atoms with Crippen molar-refractivity contribution in [2.75, 3.05) is 6.61 Å². The summed E-state index contributed by atoms with van der Waals surface area (Å²) in [7, 11) is 0. The number of hydrogen-bond acceptors (Lipinski definition) is 7. The first-order chi connectivity index (χ1) is 19.8. The van der Waals surface area contributed by atoms with Gasteiger partial charge in [-0.15, -0.1) is 0 Å². The van der Waals surface area contributed by atoms with Gasteiger partial charge in [-0.3, -0.25) is 0 Å². The largest absolute Gasteiger partial charge is 0.487 e. The second-order valence-electron chi connectivity index (χ2n) is 14.2. The third-order valence-electron chi connectivity index (χ3n) is 9.92. The van der Waals surface area contributed by atoms with Gasteiger partial charge in [-0.2, -0.15) is 0 Å². The molecule has 242 valence electrons. The number of aliphatic hydroxyl groups excluding tert-OH is 4. The average molecular weight is 593 g/mol. The Morgan fingerprint density at radius 2 is 1.40 bits per heavy atom. The molecule has 2 aliphatic heterocycles. The van der Waals surface area contributed by atoms with Crippen LogP contribution in [0.25, 0.3) is 0 Å². The molecule has 2 aliphatic rings. The third kappa shape index (κ3) is 8.84. The molecule has 0 amide bonds. The number of fused-ring (bicyclic) bond motifs is 1. The standard InChI is InChI=1S/C35H60O7/c1-21(2)12-9-13-22(3)14-10-15-23(4)16-11-18-35(8)19-17-27-26(7)32(24(5)25(6)33(27)42-35)41-34-31(39)30(38)29(37)28(20-36)40-34/h21-23,28-31,34,36-39H,9-20H2,1-8H3/t22-,23-,28+,29+,30-,31+,34-,35+/m0/s1. The van der Waals surface area contributed by atoms with Crippen molar-refractivity contribution in [1.29, 1.82) is 0 Å². The van der Waals surface area contributed by atoms with Crippen LogP contribution in [0.3, 0.4) is 0 Å². The number of benzene rings is 1. The zero-order valence-corrected chi connectivity index (χ0v) is 27.6. The number of rotatable bonds is 15. The molecule has 3 rings (SSSR count). The lowest BCUT2D eigenvalue weighted by Crippen LogP contribution is -2.60. The minimum atomic E-state index is -1.48. The summed E-state index contributed by atoms with van der Waals surface area (Å²) in [4.78, 5) is 0. The molecule has 1 fully saturated rings. The van der Waals surface area contributed by atoms with Crippen LogP contribution in [-0.4, -0.2) is 63.3 Å². The van der Waals surface area contributed by atoms with E-state index in [0.717, 1.165) is 71.4 Å². The van der Waals surface area contributed by atoms with Crippen molar-refractivity contribution < 1.29 is 34.6 Å². The molecule has 8 atom stereocenters. The van der Waals surface area contributed by atoms with Crippen molar-refractivity contribution >= 4 is 0 Å². The maximum absolute atomic E-state index is 10.5. The summed E-state index contributed by atoms with van der Waals surface area (Å²) in [5.74, 6) is 3.91. The summed E-state index contributed by atoms with van der Waals surface area (Å²) in [6.07, 6.45) is 6.72. The van der Waals surface area contributed by atoms with Gasteiger partial charge in [-0.25, -0.2) is 0 Å². The summed E-state index contributed by atoms with van der Waals surface area (Å²) in [5.41, 5.74) is 3.71. The Labute approximate surface area is 255 Å². The van der Waals surface area contributed by atoms with E-state index in [-0.39, 0.29) is 5.60 Å². The molecule has 0 bridgehead atoms. The molecule has 42 heavy (non-hydrogen) atoms. The fourth-order valence-corrected chi connectivity index (χ4v) is 6.72. The fourth-order valence-electron chi connectivity index (χ4n) is 6.72. The number of hydrogen-bond donors (Lipinski definition) is 4. The monoisotopic (exact) mass is 592 g/mol. The van der Waals surface area contributed by atoms with Crippen molar-refractivity contribution in [2.24, 2.45) is 17.8 Å². The van der Waals surface area contributed by atoms with Gasteiger partial charge in [0.1, 0.15) is 41.5 Å². The van der Waals surface area contributed by atoms with Crippen LogP contribution in [0, 0.1) is 38.5 Å². The molecule has 7 nitrogen and oxygen atoms in total. The predicted molar refractivity (Wildman–Crippen MR) is 167 cm³/mol. The van der Waals surface area contributed by atoms with Crippen LogP contribution in [0.4, 0.5) is 0 Å². The second kappa shape index (κ2) is 15.6. The normalized spacial score (nSPS) is 29.2. The molecule has 0 aliphatic carbocycles. The summed E-state index contributed by atoms with van der Waals surface area (Å²) in [5, 5.41) is 40.4. The molecule has 0 radical (unpaired) electrons. The van der Waals surface area contributed by atoms with Gasteiger partial charge in [0, 0.05) is 5.56 Å². The van der Waals surface area contributed by atoms with Gasteiger partial charge in [0.15, 0.2) is 0 Å². The Morgan fingerprint density at radius 1 is 0.810 bits per heavy atom. The maximum Gasteiger partial charge on any atom is 0.229 e. The minimum Gasteiger partial charge on any atom is -0.487 e. The Balaban J connectivity index is 1.55. The van der Waals surface area contributed by atoms with Crippen molar-refractivity contribution in [3.05, 3.63) is 22.3 Å². The van der Waals surface area contributed by atoms with E-state index >= 15 is 0 Å². The van der Waals surface area contributed by atoms with Crippen molar-refractivity contribution in [3.8, 4) is 11.5 Å². The van der Waals surface area contributed by atoms with Gasteiger partial charge >= 0.3 is 0 Å². The van der Waals surface area contributed by atoms with Gasteiger partial charge in [-0.1, -0.05) is 72.6 Å². The maximum atomic E-state index is 10.5. The van der Waals surface area contributed by atoms with E-state index < -0.39 is 37.3 Å². The molecule has 1 aromatic rings. The SMILES string of the molecule is Cc1c(C)c2c(c(C)c1O[C@@H]1O[C@H](CO)[C@@H](O)[C@H](O)[C@H]1O)CC[C@@](C)(CCC[C@@H](C)CCC[C@@H](C)CCCC(C)C)O2. The zero-order chi connectivity index (χ0) is 31.2. The highest BCUT2D eigenvalue weighted by Crippen LogP contribution is 2.45. The van der Waals surface area contributed by atoms with Gasteiger partial charge in [-0.05, 0) is 87.8 Å². The molecule has 0 spiro atoms. The van der Waals surface area contributed by atoms with E-state index in [2.05, 4.69) is 34.6 Å². The molecule has 1 aromatic carbocycles. The van der Waals surface area contributed by atoms with Crippen LogP contribution in [-0.2, 0) is 11.2 Å². The number of aliphatic hydroxyl groups is 4. The Morgan fingerprint density at radius 3 is 2.00 bits per heavy atom. The van der Waals surface area contributed by atoms with Crippen LogP contribution in [0.15, 0.2) is 0 Å². The lowest BCUT2D eigenvalue weighted by molar-refractivity contribution is -0.277. The van der Waals surface area contributed by atoms with Crippen molar-refractivity contribution in [2.45, 2.75) is 162 Å². The van der Waals surface area contributed by atoms with E-state index in [4.69, 9.17) is 14.2 Å². The minimum absolute atomic E-state index is 0.207. The third-order valence-corrected chi connectivity index (χ3v) is 9.92. The lowest BCUT2D eigenvalue weighted by Gasteiger charge is -2.41. The van der Waals surface area contributed by atoms with Crippen LogP contribution >= 0.6 is 0 Å². The quantitative estimate of drug-likeness (QED) is 0.189. The summed E-state index contributed by atoms with van der Waals surface area (Å²) in [6, 6.07) is 0. The van der Waals surface area contributed by atoms with Gasteiger partial charge in [0.05, 0.1) is 6.61 Å². The average Bonchev–Trinajstić information content (AvgIpc) is 2.93. The van der Waals surface area contributed by atoms with Crippen LogP contribution in [0.1, 0.15) is 121 Å². The van der Waals surface area contributed by atoms with Gasteiger partial charge < -0.3 is 34.6 Å². The van der Waals surface area contributed by atoms with E-state index in [1.165, 1.54) is 44.9 Å². The summed E-state index contributed by atoms with van der Waals surface area (Å²) < 4.78 is 18.5. The highest BCUT2D eigenvalue weighted by atomic mass is 16.7. The van der Waals surface area contributed by atoms with Crippen LogP contribution < -0.4 is 9.47 Å². The Hall–Kier alpha value is -1.38. The van der Waals surface area contributed by atoms with Crippen LogP contribution in [0.5, 0.6) is 11.5 Å². The smallest absolute Gasteiger partial charge is 0.229 e. The fraction of sp³-hybridized carbons (Fsp3) is 0.829. The topological polar surface area (TPSA) is 109 Å². The second-order valence-corrected chi connectivity index (χ2v) is 14.2. The van der Waals surface area contributed by atoms with Crippen molar-refractivity contribution in [1.82, 2.24) is 0 Å². The number of ether oxygens (including phenoxy) is 3. The first-order valence-electron chi connectivity index (χ1n) is 16.6. The molecule has 0 aromatic heterocycles. The van der Waals surface area contributed by atoms with Crippen LogP contribution in [0.2, 0.25) is 0 Å². The Bertz CT molecular complexity index is 992. The van der Waals surface area contributed by atoms with E-state index in [0.29, 0.717) is 5.75 Å². The molecular formula is C35H60O7. The van der Waals surface area contributed by atoms with Gasteiger partial charge in [0.25, 0.3) is 0 Å². The highest BCUT2D eigenvalue weighted by Gasteiger charge is 2.45. The molecule has 4 N–H and O–H groups in total.